The summed E-state index contributed by atoms with van der Waals surface area (Å²) < 4.78 is 0. The third-order valence-electron chi connectivity index (χ3n) is 1.77. The van der Waals surface area contributed by atoms with E-state index in [2.05, 4.69) is 13.2 Å². The van der Waals surface area contributed by atoms with Gasteiger partial charge < -0.3 is 5.73 Å². The molecule has 1 nitrogen and oxygen atoms in total. The zero-order valence-electron chi connectivity index (χ0n) is 9.05. The SMILES string of the molecule is C=CSC(=C)C1=CC=C(N)CC1.CC. The van der Waals surface area contributed by atoms with Crippen molar-refractivity contribution in [3.63, 3.8) is 0 Å². The van der Waals surface area contributed by atoms with Crippen molar-refractivity contribution in [3.8, 4) is 0 Å². The smallest absolute Gasteiger partial charge is 0.00839 e. The standard InChI is InChI=1S/C10H13NS.C2H6/c1-3-12-8(2)9-4-6-10(11)7-5-9;1-2/h3-4,6H,1-2,5,7,11H2;1-2H3. The second kappa shape index (κ2) is 7.51. The number of hydrogen-bond acceptors (Lipinski definition) is 2. The van der Waals surface area contributed by atoms with Crippen LogP contribution in [0.15, 0.2) is 46.9 Å². The Labute approximate surface area is 91.5 Å². The lowest BCUT2D eigenvalue weighted by molar-refractivity contribution is 0.911. The van der Waals surface area contributed by atoms with Gasteiger partial charge in [-0.25, -0.2) is 0 Å². The molecule has 0 saturated carbocycles. The fraction of sp³-hybridized carbons (Fsp3) is 0.333. The van der Waals surface area contributed by atoms with E-state index in [-0.39, 0.29) is 0 Å². The zero-order valence-corrected chi connectivity index (χ0v) is 9.86. The minimum Gasteiger partial charge on any atom is -0.402 e. The first-order valence-electron chi connectivity index (χ1n) is 4.86. The Morgan fingerprint density at radius 1 is 1.43 bits per heavy atom. The molecule has 1 aliphatic carbocycles. The molecule has 1 rings (SSSR count). The summed E-state index contributed by atoms with van der Waals surface area (Å²) in [5, 5.41) is 1.80. The summed E-state index contributed by atoms with van der Waals surface area (Å²) in [4.78, 5) is 1.08. The maximum absolute atomic E-state index is 5.63. The Bertz CT molecular complexity index is 261. The van der Waals surface area contributed by atoms with E-state index < -0.39 is 0 Å². The molecule has 0 fully saturated rings. The lowest BCUT2D eigenvalue weighted by Gasteiger charge is -2.12. The van der Waals surface area contributed by atoms with Crippen LogP contribution in [0.3, 0.4) is 0 Å². The summed E-state index contributed by atoms with van der Waals surface area (Å²) in [6.45, 7) is 11.6. The van der Waals surface area contributed by atoms with Gasteiger partial charge in [0, 0.05) is 10.6 Å². The molecule has 0 aromatic rings. The maximum atomic E-state index is 5.63. The fourth-order valence-corrected chi connectivity index (χ4v) is 1.58. The molecule has 0 amide bonds. The Hall–Kier alpha value is -0.890. The molecular formula is C12H19NS. The Kier molecular flexibility index (Phi) is 7.03. The Balaban J connectivity index is 0.000000791. The van der Waals surface area contributed by atoms with Gasteiger partial charge in [-0.1, -0.05) is 44.8 Å². The zero-order chi connectivity index (χ0) is 11.0. The van der Waals surface area contributed by atoms with Gasteiger partial charge in [-0.2, -0.15) is 0 Å². The third kappa shape index (κ3) is 4.38. The highest BCUT2D eigenvalue weighted by Crippen LogP contribution is 2.28. The van der Waals surface area contributed by atoms with Crippen molar-refractivity contribution in [1.82, 2.24) is 0 Å². The highest BCUT2D eigenvalue weighted by atomic mass is 32.2. The van der Waals surface area contributed by atoms with Crippen molar-refractivity contribution in [3.05, 3.63) is 46.9 Å². The topological polar surface area (TPSA) is 26.0 Å². The molecule has 0 saturated heterocycles. The molecule has 0 spiro atoms. The molecule has 1 aliphatic rings. The van der Waals surface area contributed by atoms with Gasteiger partial charge in [0.15, 0.2) is 0 Å². The molecular weight excluding hydrogens is 190 g/mol. The molecule has 0 radical (unpaired) electrons. The first kappa shape index (κ1) is 13.1. The number of nitrogens with two attached hydrogens (primary N) is 1. The second-order valence-corrected chi connectivity index (χ2v) is 3.70. The first-order chi connectivity index (χ1) is 6.74. The predicted molar refractivity (Wildman–Crippen MR) is 67.9 cm³/mol. The number of allylic oxidation sites excluding steroid dienone is 4. The van der Waals surface area contributed by atoms with Crippen molar-refractivity contribution in [2.24, 2.45) is 5.73 Å². The fourth-order valence-electron chi connectivity index (χ4n) is 1.06. The molecule has 2 heteroatoms. The van der Waals surface area contributed by atoms with Crippen LogP contribution in [-0.2, 0) is 0 Å². The summed E-state index contributed by atoms with van der Waals surface area (Å²) in [7, 11) is 0. The average Bonchev–Trinajstić information content (AvgIpc) is 2.22. The normalized spacial score (nSPS) is 14.4. The second-order valence-electron chi connectivity index (χ2n) is 2.64. The Morgan fingerprint density at radius 2 is 2.07 bits per heavy atom. The van der Waals surface area contributed by atoms with E-state index in [0.717, 1.165) is 23.4 Å². The van der Waals surface area contributed by atoms with Gasteiger partial charge in [-0.15, -0.1) is 0 Å². The van der Waals surface area contributed by atoms with Crippen molar-refractivity contribution in [2.75, 3.05) is 0 Å². The molecule has 78 valence electrons. The highest BCUT2D eigenvalue weighted by Gasteiger charge is 2.06. The lowest BCUT2D eigenvalue weighted by atomic mass is 10.0. The van der Waals surface area contributed by atoms with Crippen molar-refractivity contribution >= 4 is 11.8 Å². The first-order valence-corrected chi connectivity index (χ1v) is 5.74. The third-order valence-corrected chi connectivity index (χ3v) is 2.48. The van der Waals surface area contributed by atoms with Gasteiger partial charge >= 0.3 is 0 Å². The van der Waals surface area contributed by atoms with Crippen LogP contribution in [0.4, 0.5) is 0 Å². The van der Waals surface area contributed by atoms with Crippen LogP contribution < -0.4 is 5.73 Å². The van der Waals surface area contributed by atoms with Gasteiger partial charge in [-0.05, 0) is 29.9 Å². The van der Waals surface area contributed by atoms with Crippen molar-refractivity contribution in [1.29, 1.82) is 0 Å². The highest BCUT2D eigenvalue weighted by molar-refractivity contribution is 8.06. The monoisotopic (exact) mass is 209 g/mol. The van der Waals surface area contributed by atoms with Crippen LogP contribution in [0.2, 0.25) is 0 Å². The van der Waals surface area contributed by atoms with Crippen LogP contribution in [0, 0.1) is 0 Å². The number of rotatable bonds is 3. The molecule has 0 aliphatic heterocycles. The summed E-state index contributed by atoms with van der Waals surface area (Å²) >= 11 is 1.57. The van der Waals surface area contributed by atoms with E-state index in [1.165, 1.54) is 5.57 Å². The van der Waals surface area contributed by atoms with E-state index in [0.29, 0.717) is 0 Å². The van der Waals surface area contributed by atoms with Crippen LogP contribution in [0.5, 0.6) is 0 Å². The van der Waals surface area contributed by atoms with Crippen LogP contribution >= 0.6 is 11.8 Å². The quantitative estimate of drug-likeness (QED) is 0.761. The van der Waals surface area contributed by atoms with Crippen molar-refractivity contribution < 1.29 is 0 Å². The number of thioether (sulfide) groups is 1. The van der Waals surface area contributed by atoms with E-state index in [1.54, 1.807) is 17.2 Å². The van der Waals surface area contributed by atoms with Gasteiger partial charge in [0.05, 0.1) is 0 Å². The molecule has 0 heterocycles. The lowest BCUT2D eigenvalue weighted by Crippen LogP contribution is -2.01. The Morgan fingerprint density at radius 3 is 2.50 bits per heavy atom. The molecule has 14 heavy (non-hydrogen) atoms. The molecule has 0 atom stereocenters. The summed E-state index contributed by atoms with van der Waals surface area (Å²) in [5.41, 5.74) is 7.86. The van der Waals surface area contributed by atoms with Crippen LogP contribution in [0.25, 0.3) is 0 Å². The summed E-state index contributed by atoms with van der Waals surface area (Å²) in [5.74, 6) is 0. The minimum atomic E-state index is 0.947. The summed E-state index contributed by atoms with van der Waals surface area (Å²) in [6, 6.07) is 0. The van der Waals surface area contributed by atoms with E-state index in [4.69, 9.17) is 5.73 Å². The van der Waals surface area contributed by atoms with Crippen molar-refractivity contribution in [2.45, 2.75) is 26.7 Å². The molecule has 0 bridgehead atoms. The average molecular weight is 209 g/mol. The van der Waals surface area contributed by atoms with Crippen LogP contribution in [-0.4, -0.2) is 0 Å². The number of hydrogen-bond donors (Lipinski definition) is 1. The molecule has 0 aromatic carbocycles. The van der Waals surface area contributed by atoms with Gasteiger partial charge in [-0.3, -0.25) is 0 Å². The van der Waals surface area contributed by atoms with Gasteiger partial charge in [0.1, 0.15) is 0 Å². The predicted octanol–water partition coefficient (Wildman–Crippen LogP) is 3.97. The van der Waals surface area contributed by atoms with E-state index in [9.17, 15) is 0 Å². The van der Waals surface area contributed by atoms with E-state index in [1.807, 2.05) is 26.0 Å². The van der Waals surface area contributed by atoms with Gasteiger partial charge in [0.2, 0.25) is 0 Å². The molecule has 2 N–H and O–H groups in total. The van der Waals surface area contributed by atoms with E-state index >= 15 is 0 Å². The largest absolute Gasteiger partial charge is 0.402 e. The minimum absolute atomic E-state index is 0.947. The summed E-state index contributed by atoms with van der Waals surface area (Å²) in [6.07, 6.45) is 5.94. The molecule has 0 unspecified atom stereocenters. The van der Waals surface area contributed by atoms with Crippen LogP contribution in [0.1, 0.15) is 26.7 Å². The molecule has 0 aromatic heterocycles. The maximum Gasteiger partial charge on any atom is 0.00839 e. The van der Waals surface area contributed by atoms with Gasteiger partial charge in [0.25, 0.3) is 0 Å².